The lowest BCUT2D eigenvalue weighted by Crippen LogP contribution is -2.29. The first kappa shape index (κ1) is 10.3. The number of thiol groups is 1. The molecule has 0 aromatic carbocycles. The summed E-state index contributed by atoms with van der Waals surface area (Å²) in [5.41, 5.74) is 0. The molecule has 0 bridgehead atoms. The van der Waals surface area contributed by atoms with Gasteiger partial charge < -0.3 is 10.0 Å². The van der Waals surface area contributed by atoms with Crippen molar-refractivity contribution in [3.8, 4) is 0 Å². The normalized spacial score (nSPS) is 10.8. The summed E-state index contributed by atoms with van der Waals surface area (Å²) in [4.78, 5) is 2.22. The highest BCUT2D eigenvalue weighted by Gasteiger charge is 1.99. The third-order valence-corrected chi connectivity index (χ3v) is 1.57. The van der Waals surface area contributed by atoms with Crippen LogP contribution >= 0.6 is 12.6 Å². The van der Waals surface area contributed by atoms with Crippen LogP contribution in [0.2, 0.25) is 0 Å². The number of hydrogen-bond donors (Lipinski definition) is 2. The Morgan fingerprint density at radius 2 is 2.00 bits per heavy atom. The first-order chi connectivity index (χ1) is 4.85. The molecule has 62 valence electrons. The fourth-order valence-corrected chi connectivity index (χ4v) is 1.22. The number of rotatable bonds is 6. The molecule has 0 aliphatic heterocycles. The van der Waals surface area contributed by atoms with Gasteiger partial charge in [-0.1, -0.05) is 6.92 Å². The molecular formula is C7H17NOS. The maximum absolute atomic E-state index is 8.62. The zero-order valence-corrected chi connectivity index (χ0v) is 7.48. The van der Waals surface area contributed by atoms with E-state index in [0.29, 0.717) is 0 Å². The topological polar surface area (TPSA) is 23.5 Å². The second-order valence-corrected chi connectivity index (χ2v) is 2.74. The summed E-state index contributed by atoms with van der Waals surface area (Å²) in [6.07, 6.45) is 1.15. The Morgan fingerprint density at radius 3 is 2.40 bits per heavy atom. The van der Waals surface area contributed by atoms with Gasteiger partial charge in [-0.2, -0.15) is 12.6 Å². The van der Waals surface area contributed by atoms with Crippen LogP contribution < -0.4 is 0 Å². The number of hydrogen-bond acceptors (Lipinski definition) is 3. The summed E-state index contributed by atoms with van der Waals surface area (Å²) in [5, 5.41) is 8.62. The van der Waals surface area contributed by atoms with E-state index in [4.69, 9.17) is 5.11 Å². The average molecular weight is 163 g/mol. The fraction of sp³-hybridized carbons (Fsp3) is 1.00. The number of aliphatic hydroxyl groups excluding tert-OH is 1. The Balaban J connectivity index is 3.30. The van der Waals surface area contributed by atoms with Gasteiger partial charge in [0.25, 0.3) is 0 Å². The van der Waals surface area contributed by atoms with E-state index in [9.17, 15) is 0 Å². The molecular weight excluding hydrogens is 146 g/mol. The Bertz CT molecular complexity index is 56.4. The molecule has 0 spiro atoms. The second-order valence-electron chi connectivity index (χ2n) is 2.29. The van der Waals surface area contributed by atoms with Crippen molar-refractivity contribution < 1.29 is 5.11 Å². The minimum atomic E-state index is 0.258. The Morgan fingerprint density at radius 1 is 1.30 bits per heavy atom. The van der Waals surface area contributed by atoms with Gasteiger partial charge in [0.15, 0.2) is 0 Å². The van der Waals surface area contributed by atoms with Gasteiger partial charge in [0.2, 0.25) is 0 Å². The standard InChI is InChI=1S/C7H17NOS/c1-2-3-8(4-6-9)5-7-10/h9-10H,2-7H2,1H3. The monoisotopic (exact) mass is 163 g/mol. The molecule has 3 heteroatoms. The van der Waals surface area contributed by atoms with Gasteiger partial charge in [-0.05, 0) is 13.0 Å². The highest BCUT2D eigenvalue weighted by atomic mass is 32.1. The van der Waals surface area contributed by atoms with E-state index in [-0.39, 0.29) is 6.61 Å². The summed E-state index contributed by atoms with van der Waals surface area (Å²) >= 11 is 4.12. The first-order valence-corrected chi connectivity index (χ1v) is 4.42. The molecule has 0 saturated heterocycles. The van der Waals surface area contributed by atoms with Crippen molar-refractivity contribution in [3.05, 3.63) is 0 Å². The predicted molar refractivity (Wildman–Crippen MR) is 47.7 cm³/mol. The highest BCUT2D eigenvalue weighted by Crippen LogP contribution is 1.90. The maximum atomic E-state index is 8.62. The molecule has 0 amide bonds. The van der Waals surface area contributed by atoms with E-state index in [1.807, 2.05) is 0 Å². The van der Waals surface area contributed by atoms with E-state index >= 15 is 0 Å². The van der Waals surface area contributed by atoms with Crippen LogP contribution in [0.5, 0.6) is 0 Å². The van der Waals surface area contributed by atoms with Gasteiger partial charge >= 0.3 is 0 Å². The molecule has 0 saturated carbocycles. The van der Waals surface area contributed by atoms with Crippen LogP contribution in [0.3, 0.4) is 0 Å². The van der Waals surface area contributed by atoms with Crippen molar-refractivity contribution in [1.82, 2.24) is 4.90 Å². The van der Waals surface area contributed by atoms with Crippen molar-refractivity contribution in [3.63, 3.8) is 0 Å². The fourth-order valence-electron chi connectivity index (χ4n) is 0.934. The zero-order valence-electron chi connectivity index (χ0n) is 6.58. The lowest BCUT2D eigenvalue weighted by Gasteiger charge is -2.18. The van der Waals surface area contributed by atoms with Crippen molar-refractivity contribution >= 4 is 12.6 Å². The van der Waals surface area contributed by atoms with Crippen LogP contribution in [0.15, 0.2) is 0 Å². The van der Waals surface area contributed by atoms with Crippen molar-refractivity contribution in [1.29, 1.82) is 0 Å². The van der Waals surface area contributed by atoms with E-state index in [1.54, 1.807) is 0 Å². The summed E-state index contributed by atoms with van der Waals surface area (Å²) in [7, 11) is 0. The smallest absolute Gasteiger partial charge is 0.0558 e. The largest absolute Gasteiger partial charge is 0.395 e. The molecule has 0 unspecified atom stereocenters. The first-order valence-electron chi connectivity index (χ1n) is 3.79. The molecule has 0 aromatic heterocycles. The molecule has 0 heterocycles. The summed E-state index contributed by atoms with van der Waals surface area (Å²) in [6.45, 7) is 5.24. The highest BCUT2D eigenvalue weighted by molar-refractivity contribution is 7.80. The Labute approximate surface area is 68.6 Å². The molecule has 2 nitrogen and oxygen atoms in total. The SMILES string of the molecule is CCCN(CCO)CCS. The van der Waals surface area contributed by atoms with Crippen molar-refractivity contribution in [2.45, 2.75) is 13.3 Å². The average Bonchev–Trinajstić information content (AvgIpc) is 1.90. The van der Waals surface area contributed by atoms with Crippen LogP contribution in [0.25, 0.3) is 0 Å². The van der Waals surface area contributed by atoms with Gasteiger partial charge in [-0.15, -0.1) is 0 Å². The van der Waals surface area contributed by atoms with Gasteiger partial charge in [-0.25, -0.2) is 0 Å². The Hall–Kier alpha value is 0.270. The van der Waals surface area contributed by atoms with Crippen LogP contribution in [-0.4, -0.2) is 42.0 Å². The van der Waals surface area contributed by atoms with E-state index < -0.39 is 0 Å². The summed E-state index contributed by atoms with van der Waals surface area (Å²) < 4.78 is 0. The van der Waals surface area contributed by atoms with Crippen molar-refractivity contribution in [2.24, 2.45) is 0 Å². The molecule has 10 heavy (non-hydrogen) atoms. The minimum Gasteiger partial charge on any atom is -0.395 e. The van der Waals surface area contributed by atoms with Gasteiger partial charge in [-0.3, -0.25) is 0 Å². The molecule has 0 atom stereocenters. The van der Waals surface area contributed by atoms with E-state index in [1.165, 1.54) is 0 Å². The van der Waals surface area contributed by atoms with Gasteiger partial charge in [0.05, 0.1) is 6.61 Å². The summed E-state index contributed by atoms with van der Waals surface area (Å²) in [5.74, 6) is 0.875. The third-order valence-electron chi connectivity index (χ3n) is 1.37. The number of nitrogens with zero attached hydrogens (tertiary/aromatic N) is 1. The van der Waals surface area contributed by atoms with Gasteiger partial charge in [0, 0.05) is 18.8 Å². The lowest BCUT2D eigenvalue weighted by atomic mass is 10.4. The quantitative estimate of drug-likeness (QED) is 0.561. The van der Waals surface area contributed by atoms with Crippen LogP contribution in [0, 0.1) is 0 Å². The molecule has 0 aromatic rings. The number of aliphatic hydroxyl groups is 1. The second kappa shape index (κ2) is 7.38. The molecule has 1 N–H and O–H groups in total. The molecule has 0 aliphatic carbocycles. The van der Waals surface area contributed by atoms with Crippen LogP contribution in [0.4, 0.5) is 0 Å². The molecule has 0 radical (unpaired) electrons. The van der Waals surface area contributed by atoms with Crippen molar-refractivity contribution in [2.75, 3.05) is 32.0 Å². The molecule has 0 rings (SSSR count). The van der Waals surface area contributed by atoms with Crippen LogP contribution in [0.1, 0.15) is 13.3 Å². The predicted octanol–water partition coefficient (Wildman–Crippen LogP) is 0.621. The molecule has 0 aliphatic rings. The molecule has 0 fully saturated rings. The van der Waals surface area contributed by atoms with E-state index in [2.05, 4.69) is 24.5 Å². The van der Waals surface area contributed by atoms with E-state index in [0.717, 1.165) is 31.8 Å². The lowest BCUT2D eigenvalue weighted by molar-refractivity contribution is 0.203. The minimum absolute atomic E-state index is 0.258. The van der Waals surface area contributed by atoms with Gasteiger partial charge in [0.1, 0.15) is 0 Å². The third kappa shape index (κ3) is 5.09. The maximum Gasteiger partial charge on any atom is 0.0558 e. The van der Waals surface area contributed by atoms with Crippen LogP contribution in [-0.2, 0) is 0 Å². The summed E-state index contributed by atoms with van der Waals surface area (Å²) in [6, 6.07) is 0. The Kier molecular flexibility index (Phi) is 7.58. The zero-order chi connectivity index (χ0) is 7.82.